The number of carboxylic acids is 1. The second kappa shape index (κ2) is 9.65. The molecule has 1 N–H and O–H groups in total. The molecule has 1 aliphatic rings. The number of allylic oxidation sites excluding steroid dienone is 1. The molecule has 1 saturated carbocycles. The molecule has 0 atom stereocenters. The average molecular weight is 468 g/mol. The third-order valence-corrected chi connectivity index (χ3v) is 7.21. The summed E-state index contributed by atoms with van der Waals surface area (Å²) in [6.45, 7) is 0. The summed E-state index contributed by atoms with van der Waals surface area (Å²) in [5.74, 6) is 0.365. The maximum atomic E-state index is 10.9. The van der Waals surface area contributed by atoms with Gasteiger partial charge in [-0.25, -0.2) is 9.78 Å². The summed E-state index contributed by atoms with van der Waals surface area (Å²) in [6.07, 6.45) is 6.34. The molecule has 0 amide bonds. The van der Waals surface area contributed by atoms with Crippen molar-refractivity contribution in [2.45, 2.75) is 19.3 Å². The van der Waals surface area contributed by atoms with E-state index in [0.29, 0.717) is 5.92 Å². The van der Waals surface area contributed by atoms with Crippen molar-refractivity contribution in [3.8, 4) is 5.75 Å². The molecule has 0 unspecified atom stereocenters. The first-order valence-corrected chi connectivity index (χ1v) is 12.2. The Balaban J connectivity index is 1.73. The van der Waals surface area contributed by atoms with E-state index in [4.69, 9.17) is 9.84 Å². The molecular formula is C29H25NO3S. The Hall–Kier alpha value is -3.70. The SMILES string of the molecule is COc1cccc(/C(=C(\c2ccc(/C=C/C(=O)O)cc2)c2ccc3scnc3c2)C2CCC2)c1. The van der Waals surface area contributed by atoms with Crippen molar-refractivity contribution in [2.24, 2.45) is 5.92 Å². The molecule has 1 heterocycles. The van der Waals surface area contributed by atoms with Crippen LogP contribution in [0.1, 0.15) is 41.5 Å². The van der Waals surface area contributed by atoms with Crippen molar-refractivity contribution < 1.29 is 14.6 Å². The lowest BCUT2D eigenvalue weighted by molar-refractivity contribution is -0.131. The van der Waals surface area contributed by atoms with Crippen LogP contribution in [0.2, 0.25) is 0 Å². The number of rotatable bonds is 7. The largest absolute Gasteiger partial charge is 0.497 e. The van der Waals surface area contributed by atoms with Crippen LogP contribution in [0.15, 0.2) is 78.3 Å². The maximum Gasteiger partial charge on any atom is 0.328 e. The Morgan fingerprint density at radius 1 is 1.03 bits per heavy atom. The predicted molar refractivity (Wildman–Crippen MR) is 139 cm³/mol. The molecule has 1 aliphatic carbocycles. The van der Waals surface area contributed by atoms with Gasteiger partial charge in [0.25, 0.3) is 0 Å². The van der Waals surface area contributed by atoms with Gasteiger partial charge in [0.2, 0.25) is 0 Å². The van der Waals surface area contributed by atoms with Crippen LogP contribution < -0.4 is 4.74 Å². The Morgan fingerprint density at radius 2 is 1.82 bits per heavy atom. The number of aliphatic carboxylic acids is 1. The van der Waals surface area contributed by atoms with E-state index in [1.54, 1.807) is 24.5 Å². The highest BCUT2D eigenvalue weighted by molar-refractivity contribution is 7.16. The number of aromatic nitrogens is 1. The van der Waals surface area contributed by atoms with Gasteiger partial charge in [-0.15, -0.1) is 11.3 Å². The minimum atomic E-state index is -0.952. The van der Waals surface area contributed by atoms with Crippen molar-refractivity contribution in [1.82, 2.24) is 4.98 Å². The monoisotopic (exact) mass is 467 g/mol. The van der Waals surface area contributed by atoms with Gasteiger partial charge in [0, 0.05) is 6.08 Å². The predicted octanol–water partition coefficient (Wildman–Crippen LogP) is 7.16. The van der Waals surface area contributed by atoms with Crippen LogP contribution in [-0.4, -0.2) is 23.2 Å². The van der Waals surface area contributed by atoms with Gasteiger partial charge in [-0.1, -0.05) is 48.9 Å². The minimum Gasteiger partial charge on any atom is -0.497 e. The molecular weight excluding hydrogens is 442 g/mol. The third-order valence-electron chi connectivity index (χ3n) is 6.40. The summed E-state index contributed by atoms with van der Waals surface area (Å²) in [5.41, 5.74) is 9.67. The molecule has 1 fully saturated rings. The molecule has 0 aliphatic heterocycles. The fourth-order valence-corrected chi connectivity index (χ4v) is 5.15. The van der Waals surface area contributed by atoms with Crippen LogP contribution in [0.4, 0.5) is 0 Å². The fraction of sp³-hybridized carbons (Fsp3) is 0.172. The Bertz CT molecular complexity index is 1390. The van der Waals surface area contributed by atoms with E-state index in [1.807, 2.05) is 29.8 Å². The topological polar surface area (TPSA) is 59.4 Å². The van der Waals surface area contributed by atoms with Crippen LogP contribution in [0, 0.1) is 5.92 Å². The molecule has 3 aromatic carbocycles. The number of nitrogens with zero attached hydrogens (tertiary/aromatic N) is 1. The minimum absolute atomic E-state index is 0.472. The van der Waals surface area contributed by atoms with Crippen molar-refractivity contribution in [3.05, 3.63) is 101 Å². The number of ether oxygens (including phenoxy) is 1. The van der Waals surface area contributed by atoms with Crippen LogP contribution in [0.25, 0.3) is 27.4 Å². The van der Waals surface area contributed by atoms with Gasteiger partial charge in [-0.05, 0) is 82.5 Å². The van der Waals surface area contributed by atoms with E-state index >= 15 is 0 Å². The summed E-state index contributed by atoms with van der Waals surface area (Å²) in [5, 5.41) is 8.96. The highest BCUT2D eigenvalue weighted by atomic mass is 32.1. The fourth-order valence-electron chi connectivity index (χ4n) is 4.49. The van der Waals surface area contributed by atoms with Crippen molar-refractivity contribution >= 4 is 44.7 Å². The highest BCUT2D eigenvalue weighted by Gasteiger charge is 2.27. The van der Waals surface area contributed by atoms with E-state index in [9.17, 15) is 4.79 Å². The zero-order valence-corrected chi connectivity index (χ0v) is 19.7. The molecule has 170 valence electrons. The molecule has 0 saturated heterocycles. The van der Waals surface area contributed by atoms with Gasteiger partial charge < -0.3 is 9.84 Å². The Labute approximate surface area is 202 Å². The maximum absolute atomic E-state index is 10.9. The quantitative estimate of drug-likeness (QED) is 0.231. The standard InChI is InChI=1S/C29H25NO3S/c1-33-24-7-3-6-22(16-24)28(20-4-2-5-20)29(23-13-14-26-25(17-23)30-18-34-26)21-11-8-19(9-12-21)10-15-27(31)32/h3,6-18,20H,2,4-5H2,1H3,(H,31,32)/b15-10+,29-28+. The van der Waals surface area contributed by atoms with Gasteiger partial charge in [-0.2, -0.15) is 0 Å². The molecule has 5 rings (SSSR count). The highest BCUT2D eigenvalue weighted by Crippen LogP contribution is 2.46. The molecule has 4 nitrogen and oxygen atoms in total. The van der Waals surface area contributed by atoms with Crippen LogP contribution in [0.3, 0.4) is 0 Å². The van der Waals surface area contributed by atoms with Crippen LogP contribution >= 0.6 is 11.3 Å². The van der Waals surface area contributed by atoms with Crippen molar-refractivity contribution in [2.75, 3.05) is 7.11 Å². The van der Waals surface area contributed by atoms with Crippen molar-refractivity contribution in [1.29, 1.82) is 0 Å². The van der Waals surface area contributed by atoms with E-state index in [0.717, 1.165) is 46.9 Å². The lowest BCUT2D eigenvalue weighted by Gasteiger charge is -2.32. The number of fused-ring (bicyclic) bond motifs is 1. The number of benzene rings is 3. The number of thiazole rings is 1. The Kier molecular flexibility index (Phi) is 6.28. The van der Waals surface area contributed by atoms with Gasteiger partial charge in [0.1, 0.15) is 5.75 Å². The number of hydrogen-bond acceptors (Lipinski definition) is 4. The summed E-state index contributed by atoms with van der Waals surface area (Å²) in [7, 11) is 1.70. The number of carboxylic acid groups (broad SMARTS) is 1. The molecule has 1 aromatic heterocycles. The van der Waals surface area contributed by atoms with Crippen LogP contribution in [0.5, 0.6) is 5.75 Å². The molecule has 4 aromatic rings. The molecule has 0 spiro atoms. The van der Waals surface area contributed by atoms with Gasteiger partial charge >= 0.3 is 5.97 Å². The lowest BCUT2D eigenvalue weighted by Crippen LogP contribution is -2.15. The summed E-state index contributed by atoms with van der Waals surface area (Å²) < 4.78 is 6.72. The first kappa shape index (κ1) is 22.1. The molecule has 0 radical (unpaired) electrons. The zero-order chi connectivity index (χ0) is 23.5. The lowest BCUT2D eigenvalue weighted by atomic mass is 9.73. The molecule has 5 heteroatoms. The smallest absolute Gasteiger partial charge is 0.328 e. The van der Waals surface area contributed by atoms with E-state index < -0.39 is 5.97 Å². The van der Waals surface area contributed by atoms with E-state index in [1.165, 1.54) is 27.8 Å². The van der Waals surface area contributed by atoms with Crippen molar-refractivity contribution in [3.63, 3.8) is 0 Å². The van der Waals surface area contributed by atoms with Gasteiger partial charge in [-0.3, -0.25) is 0 Å². The van der Waals surface area contributed by atoms with Gasteiger partial charge in [0.05, 0.1) is 22.8 Å². The molecule has 0 bridgehead atoms. The summed E-state index contributed by atoms with van der Waals surface area (Å²) >= 11 is 1.65. The van der Waals surface area contributed by atoms with Gasteiger partial charge in [0.15, 0.2) is 0 Å². The number of carbonyl (C=O) groups is 1. The first-order chi connectivity index (χ1) is 16.6. The van der Waals surface area contributed by atoms with Crippen LogP contribution in [-0.2, 0) is 4.79 Å². The normalized spacial score (nSPS) is 14.7. The second-order valence-corrected chi connectivity index (χ2v) is 9.36. The Morgan fingerprint density at radius 3 is 2.53 bits per heavy atom. The van der Waals surface area contributed by atoms with E-state index in [2.05, 4.69) is 47.4 Å². The summed E-state index contributed by atoms with van der Waals surface area (Å²) in [6, 6.07) is 22.9. The molecule has 34 heavy (non-hydrogen) atoms. The first-order valence-electron chi connectivity index (χ1n) is 11.4. The zero-order valence-electron chi connectivity index (χ0n) is 18.9. The number of hydrogen-bond donors (Lipinski definition) is 1. The number of methoxy groups -OCH3 is 1. The summed E-state index contributed by atoms with van der Waals surface area (Å²) in [4.78, 5) is 15.5. The average Bonchev–Trinajstić information content (AvgIpc) is 3.30. The van der Waals surface area contributed by atoms with E-state index in [-0.39, 0.29) is 0 Å². The third kappa shape index (κ3) is 4.52. The second-order valence-electron chi connectivity index (χ2n) is 8.48.